The van der Waals surface area contributed by atoms with Crippen molar-refractivity contribution in [1.29, 1.82) is 0 Å². The summed E-state index contributed by atoms with van der Waals surface area (Å²) in [6.07, 6.45) is 6.59. The highest BCUT2D eigenvalue weighted by Crippen LogP contribution is 2.22. The Hall–Kier alpha value is -3.45. The van der Waals surface area contributed by atoms with Gasteiger partial charge >= 0.3 is 0 Å². The lowest BCUT2D eigenvalue weighted by Gasteiger charge is -2.23. The van der Waals surface area contributed by atoms with E-state index in [1.165, 1.54) is 0 Å². The third-order valence-electron chi connectivity index (χ3n) is 4.38. The van der Waals surface area contributed by atoms with E-state index in [1.54, 1.807) is 24.4 Å². The molecule has 3 aromatic rings. The normalized spacial score (nSPS) is 11.4. The van der Waals surface area contributed by atoms with E-state index in [4.69, 9.17) is 0 Å². The monoisotopic (exact) mass is 421 g/mol. The van der Waals surface area contributed by atoms with Crippen LogP contribution >= 0.6 is 0 Å². The number of pyridine rings is 1. The zero-order valence-electron chi connectivity index (χ0n) is 16.8. The summed E-state index contributed by atoms with van der Waals surface area (Å²) >= 11 is 0. The van der Waals surface area contributed by atoms with Crippen LogP contribution in [-0.4, -0.2) is 32.1 Å². The van der Waals surface area contributed by atoms with Crippen LogP contribution in [0.1, 0.15) is 16.8 Å². The number of rotatable bonds is 7. The number of benzene rings is 2. The molecule has 0 aliphatic carbocycles. The van der Waals surface area contributed by atoms with Gasteiger partial charge in [-0.2, -0.15) is 0 Å². The van der Waals surface area contributed by atoms with Gasteiger partial charge in [-0.3, -0.25) is 14.1 Å². The number of anilines is 2. The molecule has 1 amide bonds. The van der Waals surface area contributed by atoms with Crippen molar-refractivity contribution in [2.45, 2.75) is 6.92 Å². The third kappa shape index (κ3) is 5.78. The molecule has 6 nitrogen and oxygen atoms in total. The fourth-order valence-corrected chi connectivity index (χ4v) is 3.85. The minimum atomic E-state index is -3.62. The van der Waals surface area contributed by atoms with Crippen molar-refractivity contribution in [1.82, 2.24) is 4.98 Å². The summed E-state index contributed by atoms with van der Waals surface area (Å²) in [5.41, 5.74) is 3.56. The summed E-state index contributed by atoms with van der Waals surface area (Å²) in [7, 11) is -3.62. The van der Waals surface area contributed by atoms with Gasteiger partial charge in [0.05, 0.1) is 17.6 Å². The first kappa shape index (κ1) is 21.3. The standard InChI is InChI=1S/C23H23N3O3S/c1-18-8-3-4-12-22(18)26(30(2,28)29)17-23(27)25-21-11-7-9-19(16-21)13-14-20-10-5-6-15-24-20/h3-16H,17H2,1-2H3,(H,25,27)/b14-13+. The van der Waals surface area contributed by atoms with Gasteiger partial charge in [-0.25, -0.2) is 8.42 Å². The number of amides is 1. The van der Waals surface area contributed by atoms with Gasteiger partial charge in [-0.15, -0.1) is 0 Å². The van der Waals surface area contributed by atoms with Gasteiger partial charge in [0, 0.05) is 11.9 Å². The minimum absolute atomic E-state index is 0.308. The fourth-order valence-electron chi connectivity index (χ4n) is 2.93. The van der Waals surface area contributed by atoms with E-state index in [0.717, 1.165) is 27.4 Å². The molecule has 154 valence electrons. The Kier molecular flexibility index (Phi) is 6.64. The molecule has 0 unspecified atom stereocenters. The Labute approximate surface area is 176 Å². The van der Waals surface area contributed by atoms with Crippen molar-refractivity contribution in [3.63, 3.8) is 0 Å². The maximum Gasteiger partial charge on any atom is 0.245 e. The summed E-state index contributed by atoms with van der Waals surface area (Å²) in [4.78, 5) is 16.8. The third-order valence-corrected chi connectivity index (χ3v) is 5.50. The highest BCUT2D eigenvalue weighted by molar-refractivity contribution is 7.92. The van der Waals surface area contributed by atoms with Gasteiger partial charge < -0.3 is 5.32 Å². The van der Waals surface area contributed by atoms with Gasteiger partial charge in [0.2, 0.25) is 15.9 Å². The highest BCUT2D eigenvalue weighted by Gasteiger charge is 2.22. The molecule has 30 heavy (non-hydrogen) atoms. The molecule has 0 spiro atoms. The van der Waals surface area contributed by atoms with Gasteiger partial charge in [-0.05, 0) is 54.5 Å². The molecule has 2 aromatic carbocycles. The molecule has 0 atom stereocenters. The van der Waals surface area contributed by atoms with E-state index in [1.807, 2.05) is 67.6 Å². The van der Waals surface area contributed by atoms with Crippen LogP contribution < -0.4 is 9.62 Å². The lowest BCUT2D eigenvalue weighted by Crippen LogP contribution is -2.37. The fraction of sp³-hybridized carbons (Fsp3) is 0.130. The molecule has 0 bridgehead atoms. The molecule has 0 radical (unpaired) electrons. The molecule has 7 heteroatoms. The second kappa shape index (κ2) is 9.37. The van der Waals surface area contributed by atoms with Gasteiger partial charge in [-0.1, -0.05) is 42.5 Å². The molecular formula is C23H23N3O3S. The van der Waals surface area contributed by atoms with Crippen LogP contribution in [0.3, 0.4) is 0 Å². The van der Waals surface area contributed by atoms with Crippen molar-refractivity contribution in [2.24, 2.45) is 0 Å². The van der Waals surface area contributed by atoms with Crippen molar-refractivity contribution in [3.05, 3.63) is 89.7 Å². The van der Waals surface area contributed by atoms with Crippen molar-refractivity contribution in [3.8, 4) is 0 Å². The van der Waals surface area contributed by atoms with Crippen molar-refractivity contribution < 1.29 is 13.2 Å². The number of nitrogens with one attached hydrogen (secondary N) is 1. The number of nitrogens with zero attached hydrogens (tertiary/aromatic N) is 2. The quantitative estimate of drug-likeness (QED) is 0.626. The molecule has 0 saturated heterocycles. The maximum absolute atomic E-state index is 12.6. The Morgan fingerprint density at radius 1 is 1.03 bits per heavy atom. The topological polar surface area (TPSA) is 79.4 Å². The number of hydrogen-bond donors (Lipinski definition) is 1. The number of carbonyl (C=O) groups is 1. The van der Waals surface area contributed by atoms with Crippen LogP contribution in [0.15, 0.2) is 72.9 Å². The van der Waals surface area contributed by atoms with E-state index in [2.05, 4.69) is 10.3 Å². The molecule has 0 aliphatic rings. The molecule has 1 N–H and O–H groups in total. The SMILES string of the molecule is Cc1ccccc1N(CC(=O)Nc1cccc(/C=C/c2ccccn2)c1)S(C)(=O)=O. The van der Waals surface area contributed by atoms with E-state index < -0.39 is 15.9 Å². The summed E-state index contributed by atoms with van der Waals surface area (Å²) in [5.74, 6) is -0.422. The van der Waals surface area contributed by atoms with Crippen LogP contribution in [0.2, 0.25) is 0 Å². The predicted octanol–water partition coefficient (Wildman–Crippen LogP) is 3.97. The summed E-state index contributed by atoms with van der Waals surface area (Å²) in [6.45, 7) is 1.50. The van der Waals surface area contributed by atoms with E-state index in [0.29, 0.717) is 11.4 Å². The van der Waals surface area contributed by atoms with Crippen LogP contribution in [-0.2, 0) is 14.8 Å². The van der Waals surface area contributed by atoms with Crippen LogP contribution in [0.4, 0.5) is 11.4 Å². The van der Waals surface area contributed by atoms with E-state index in [9.17, 15) is 13.2 Å². The number of carbonyl (C=O) groups excluding carboxylic acids is 1. The molecule has 0 aliphatic heterocycles. The van der Waals surface area contributed by atoms with Gasteiger partial charge in [0.25, 0.3) is 0 Å². The molecular weight excluding hydrogens is 398 g/mol. The van der Waals surface area contributed by atoms with Gasteiger partial charge in [0.1, 0.15) is 6.54 Å². The van der Waals surface area contributed by atoms with Crippen LogP contribution in [0.5, 0.6) is 0 Å². The Balaban J connectivity index is 1.74. The first-order valence-corrected chi connectivity index (χ1v) is 11.2. The Morgan fingerprint density at radius 2 is 1.80 bits per heavy atom. The van der Waals surface area contributed by atoms with Crippen molar-refractivity contribution >= 4 is 39.5 Å². The maximum atomic E-state index is 12.6. The van der Waals surface area contributed by atoms with E-state index in [-0.39, 0.29) is 6.54 Å². The average Bonchev–Trinajstić information content (AvgIpc) is 2.71. The largest absolute Gasteiger partial charge is 0.324 e. The zero-order chi connectivity index (χ0) is 21.6. The summed E-state index contributed by atoms with van der Waals surface area (Å²) in [6, 6.07) is 20.0. The second-order valence-corrected chi connectivity index (χ2v) is 8.72. The summed E-state index contributed by atoms with van der Waals surface area (Å²) in [5, 5.41) is 2.78. The minimum Gasteiger partial charge on any atom is -0.324 e. The molecule has 0 saturated carbocycles. The van der Waals surface area contributed by atoms with E-state index >= 15 is 0 Å². The zero-order valence-corrected chi connectivity index (χ0v) is 17.6. The Morgan fingerprint density at radius 3 is 2.50 bits per heavy atom. The lowest BCUT2D eigenvalue weighted by molar-refractivity contribution is -0.114. The average molecular weight is 422 g/mol. The molecule has 0 fully saturated rings. The van der Waals surface area contributed by atoms with Gasteiger partial charge in [0.15, 0.2) is 0 Å². The number of aryl methyl sites for hydroxylation is 1. The number of hydrogen-bond acceptors (Lipinski definition) is 4. The second-order valence-electron chi connectivity index (χ2n) is 6.82. The van der Waals surface area contributed by atoms with Crippen LogP contribution in [0.25, 0.3) is 12.2 Å². The van der Waals surface area contributed by atoms with Crippen LogP contribution in [0, 0.1) is 6.92 Å². The molecule has 1 aromatic heterocycles. The first-order valence-electron chi connectivity index (χ1n) is 9.35. The highest BCUT2D eigenvalue weighted by atomic mass is 32.2. The smallest absolute Gasteiger partial charge is 0.245 e. The predicted molar refractivity (Wildman–Crippen MR) is 122 cm³/mol. The number of sulfonamides is 1. The Bertz CT molecular complexity index is 1160. The molecule has 3 rings (SSSR count). The lowest BCUT2D eigenvalue weighted by atomic mass is 10.1. The number of aromatic nitrogens is 1. The summed E-state index contributed by atoms with van der Waals surface area (Å²) < 4.78 is 25.7. The first-order chi connectivity index (χ1) is 14.3. The number of para-hydroxylation sites is 1. The van der Waals surface area contributed by atoms with Crippen molar-refractivity contribution in [2.75, 3.05) is 22.4 Å². The molecule has 1 heterocycles.